The van der Waals surface area contributed by atoms with Crippen LogP contribution >= 0.6 is 0 Å². The maximum absolute atomic E-state index is 14.6. The smallest absolute Gasteiger partial charge is 0.227 e. The average Bonchev–Trinajstić information content (AvgIpc) is 3.22. The molecule has 0 atom stereocenters. The third-order valence-corrected chi connectivity index (χ3v) is 6.26. The van der Waals surface area contributed by atoms with Crippen molar-refractivity contribution in [2.45, 2.75) is 20.8 Å². The minimum atomic E-state index is -0.266. The molecule has 1 aliphatic heterocycles. The SMILES string of the molecule is CCN1CCN(c2cc(F)cc(-c3ccnc(Nc4ccc(-n5nc(C)nc5C)cc4)n3)c2)CC1. The van der Waals surface area contributed by atoms with Crippen LogP contribution < -0.4 is 10.2 Å². The molecule has 0 spiro atoms. The van der Waals surface area contributed by atoms with E-state index in [0.717, 1.165) is 67.0 Å². The van der Waals surface area contributed by atoms with Crippen LogP contribution in [0.5, 0.6) is 0 Å². The Balaban J connectivity index is 1.34. The van der Waals surface area contributed by atoms with Crippen LogP contribution in [0.4, 0.5) is 21.7 Å². The lowest BCUT2D eigenvalue weighted by Gasteiger charge is -2.35. The number of aryl methyl sites for hydroxylation is 2. The zero-order valence-corrected chi connectivity index (χ0v) is 20.2. The van der Waals surface area contributed by atoms with Gasteiger partial charge in [-0.25, -0.2) is 24.0 Å². The molecular formula is C26H29FN8. The standard InChI is InChI=1S/C26H29FN8/c1-4-33-11-13-34(14-12-33)24-16-20(15-21(27)17-24)25-9-10-28-26(31-25)30-22-5-7-23(8-6-22)35-19(3)29-18(2)32-35/h5-10,15-17H,4,11-14H2,1-3H3,(H,28,30,31). The number of likely N-dealkylation sites (N-methyl/N-ethyl adjacent to an activating group) is 1. The fourth-order valence-corrected chi connectivity index (χ4v) is 4.39. The predicted octanol–water partition coefficient (Wildman–Crippen LogP) is 4.37. The normalized spacial score (nSPS) is 14.3. The van der Waals surface area contributed by atoms with Gasteiger partial charge in [-0.1, -0.05) is 6.92 Å². The van der Waals surface area contributed by atoms with E-state index in [1.165, 1.54) is 6.07 Å². The maximum atomic E-state index is 14.6. The van der Waals surface area contributed by atoms with Gasteiger partial charge in [0.25, 0.3) is 0 Å². The van der Waals surface area contributed by atoms with Crippen LogP contribution in [-0.4, -0.2) is 62.4 Å². The Morgan fingerprint density at radius 2 is 1.69 bits per heavy atom. The number of aromatic nitrogens is 5. The first-order valence-corrected chi connectivity index (χ1v) is 11.9. The molecule has 1 N–H and O–H groups in total. The number of anilines is 3. The second-order valence-electron chi connectivity index (χ2n) is 8.67. The first kappa shape index (κ1) is 22.9. The lowest BCUT2D eigenvalue weighted by atomic mass is 10.1. The minimum absolute atomic E-state index is 0.266. The molecule has 180 valence electrons. The molecular weight excluding hydrogens is 443 g/mol. The number of hydrogen-bond acceptors (Lipinski definition) is 7. The van der Waals surface area contributed by atoms with Crippen molar-refractivity contribution in [2.75, 3.05) is 42.9 Å². The Labute approximate surface area is 204 Å². The molecule has 0 unspecified atom stereocenters. The van der Waals surface area contributed by atoms with Gasteiger partial charge < -0.3 is 15.1 Å². The molecule has 2 aromatic heterocycles. The van der Waals surface area contributed by atoms with Crippen LogP contribution in [0, 0.1) is 19.7 Å². The summed E-state index contributed by atoms with van der Waals surface area (Å²) in [6.45, 7) is 10.8. The summed E-state index contributed by atoms with van der Waals surface area (Å²) in [5.74, 6) is 1.75. The van der Waals surface area contributed by atoms with E-state index in [1.54, 1.807) is 23.0 Å². The summed E-state index contributed by atoms with van der Waals surface area (Å²) in [4.78, 5) is 18.0. The number of nitrogens with one attached hydrogen (secondary N) is 1. The van der Waals surface area contributed by atoms with Gasteiger partial charge in [0.1, 0.15) is 17.5 Å². The van der Waals surface area contributed by atoms with E-state index in [-0.39, 0.29) is 5.82 Å². The lowest BCUT2D eigenvalue weighted by molar-refractivity contribution is 0.271. The topological polar surface area (TPSA) is 75.0 Å². The van der Waals surface area contributed by atoms with E-state index < -0.39 is 0 Å². The fourth-order valence-electron chi connectivity index (χ4n) is 4.39. The Morgan fingerprint density at radius 1 is 0.914 bits per heavy atom. The number of hydrogen-bond donors (Lipinski definition) is 1. The van der Waals surface area contributed by atoms with Crippen LogP contribution in [0.1, 0.15) is 18.6 Å². The van der Waals surface area contributed by atoms with Gasteiger partial charge in [0.15, 0.2) is 0 Å². The second kappa shape index (κ2) is 9.79. The molecule has 1 aliphatic rings. The number of nitrogens with zero attached hydrogens (tertiary/aromatic N) is 7. The first-order chi connectivity index (χ1) is 17.0. The van der Waals surface area contributed by atoms with Gasteiger partial charge in [-0.3, -0.25) is 0 Å². The largest absolute Gasteiger partial charge is 0.369 e. The molecule has 2 aromatic carbocycles. The van der Waals surface area contributed by atoms with Gasteiger partial charge in [0.2, 0.25) is 5.95 Å². The quantitative estimate of drug-likeness (QED) is 0.447. The monoisotopic (exact) mass is 472 g/mol. The lowest BCUT2D eigenvalue weighted by Crippen LogP contribution is -2.46. The summed E-state index contributed by atoms with van der Waals surface area (Å²) in [6, 6.07) is 14.7. The van der Waals surface area contributed by atoms with Gasteiger partial charge >= 0.3 is 0 Å². The Hall–Kier alpha value is -3.85. The van der Waals surface area contributed by atoms with Crippen LogP contribution in [0.25, 0.3) is 16.9 Å². The molecule has 8 nitrogen and oxygen atoms in total. The molecule has 0 radical (unpaired) electrons. The van der Waals surface area contributed by atoms with Gasteiger partial charge in [0, 0.05) is 49.3 Å². The van der Waals surface area contributed by atoms with Crippen molar-refractivity contribution in [2.24, 2.45) is 0 Å². The van der Waals surface area contributed by atoms with Crippen molar-refractivity contribution in [3.8, 4) is 16.9 Å². The molecule has 0 bridgehead atoms. The zero-order valence-electron chi connectivity index (χ0n) is 20.2. The van der Waals surface area contributed by atoms with Crippen LogP contribution in [0.3, 0.4) is 0 Å². The van der Waals surface area contributed by atoms with E-state index in [2.05, 4.69) is 42.1 Å². The van der Waals surface area contributed by atoms with Crippen LogP contribution in [-0.2, 0) is 0 Å². The summed E-state index contributed by atoms with van der Waals surface area (Å²) < 4.78 is 16.4. The molecule has 1 fully saturated rings. The van der Waals surface area contributed by atoms with E-state index in [9.17, 15) is 4.39 Å². The molecule has 5 rings (SSSR count). The molecule has 4 aromatic rings. The summed E-state index contributed by atoms with van der Waals surface area (Å²) >= 11 is 0. The molecule has 35 heavy (non-hydrogen) atoms. The van der Waals surface area contributed by atoms with Gasteiger partial charge in [0.05, 0.1) is 11.4 Å². The van der Waals surface area contributed by atoms with Gasteiger partial charge in [-0.15, -0.1) is 0 Å². The fraction of sp³-hybridized carbons (Fsp3) is 0.308. The molecule has 0 amide bonds. The zero-order chi connectivity index (χ0) is 24.4. The first-order valence-electron chi connectivity index (χ1n) is 11.9. The molecule has 0 aliphatic carbocycles. The number of benzene rings is 2. The maximum Gasteiger partial charge on any atom is 0.227 e. The Bertz CT molecular complexity index is 1310. The Morgan fingerprint density at radius 3 is 2.37 bits per heavy atom. The minimum Gasteiger partial charge on any atom is -0.369 e. The van der Waals surface area contributed by atoms with Crippen molar-refractivity contribution in [3.05, 3.63) is 72.2 Å². The molecule has 3 heterocycles. The highest BCUT2D eigenvalue weighted by Gasteiger charge is 2.17. The molecule has 0 saturated carbocycles. The third kappa shape index (κ3) is 5.14. The van der Waals surface area contributed by atoms with E-state index in [4.69, 9.17) is 0 Å². The van der Waals surface area contributed by atoms with Gasteiger partial charge in [-0.2, -0.15) is 5.10 Å². The van der Waals surface area contributed by atoms with Crippen molar-refractivity contribution in [3.63, 3.8) is 0 Å². The Kier molecular flexibility index (Phi) is 6.41. The third-order valence-electron chi connectivity index (χ3n) is 6.26. The summed E-state index contributed by atoms with van der Waals surface area (Å²) in [6.07, 6.45) is 1.69. The number of piperazine rings is 1. The summed E-state index contributed by atoms with van der Waals surface area (Å²) in [5.41, 5.74) is 4.05. The molecule has 1 saturated heterocycles. The summed E-state index contributed by atoms with van der Waals surface area (Å²) in [5, 5.41) is 7.66. The number of halogens is 1. The van der Waals surface area contributed by atoms with E-state index in [1.807, 2.05) is 44.2 Å². The van der Waals surface area contributed by atoms with Crippen molar-refractivity contribution >= 4 is 17.3 Å². The van der Waals surface area contributed by atoms with Gasteiger partial charge in [-0.05, 0) is 68.9 Å². The highest BCUT2D eigenvalue weighted by molar-refractivity contribution is 5.67. The van der Waals surface area contributed by atoms with Crippen LogP contribution in [0.15, 0.2) is 54.7 Å². The predicted molar refractivity (Wildman–Crippen MR) is 136 cm³/mol. The summed E-state index contributed by atoms with van der Waals surface area (Å²) in [7, 11) is 0. The van der Waals surface area contributed by atoms with E-state index >= 15 is 0 Å². The highest BCUT2D eigenvalue weighted by Crippen LogP contribution is 2.27. The van der Waals surface area contributed by atoms with Crippen molar-refractivity contribution < 1.29 is 4.39 Å². The average molecular weight is 473 g/mol. The highest BCUT2D eigenvalue weighted by atomic mass is 19.1. The molecule has 9 heteroatoms. The number of rotatable bonds is 6. The van der Waals surface area contributed by atoms with Crippen LogP contribution in [0.2, 0.25) is 0 Å². The van der Waals surface area contributed by atoms with Crippen molar-refractivity contribution in [1.29, 1.82) is 0 Å². The second-order valence-corrected chi connectivity index (χ2v) is 8.67. The van der Waals surface area contributed by atoms with Crippen molar-refractivity contribution in [1.82, 2.24) is 29.6 Å². The van der Waals surface area contributed by atoms with E-state index in [0.29, 0.717) is 11.6 Å².